The Hall–Kier alpha value is -1.30. The van der Waals surface area contributed by atoms with Crippen molar-refractivity contribution in [1.29, 1.82) is 0 Å². The Kier molecular flexibility index (Phi) is 3.75. The summed E-state index contributed by atoms with van der Waals surface area (Å²) >= 11 is 0. The van der Waals surface area contributed by atoms with Crippen molar-refractivity contribution in [2.24, 2.45) is 5.92 Å². The van der Waals surface area contributed by atoms with Gasteiger partial charge in [-0.2, -0.15) is 0 Å². The monoisotopic (exact) mass is 256 g/mol. The number of rotatable bonds is 3. The van der Waals surface area contributed by atoms with E-state index in [-0.39, 0.29) is 24.9 Å². The molecule has 1 fully saturated rings. The third kappa shape index (κ3) is 3.13. The van der Waals surface area contributed by atoms with Crippen LogP contribution in [0.15, 0.2) is 18.5 Å². The van der Waals surface area contributed by atoms with Gasteiger partial charge in [-0.05, 0) is 19.0 Å². The van der Waals surface area contributed by atoms with Gasteiger partial charge in [0.15, 0.2) is 0 Å². The minimum absolute atomic E-state index is 0.0562. The summed E-state index contributed by atoms with van der Waals surface area (Å²) in [4.78, 5) is 9.82. The van der Waals surface area contributed by atoms with Crippen molar-refractivity contribution in [3.8, 4) is 0 Å². The van der Waals surface area contributed by atoms with Gasteiger partial charge >= 0.3 is 0 Å². The summed E-state index contributed by atoms with van der Waals surface area (Å²) in [6.07, 6.45) is 3.24. The summed E-state index contributed by atoms with van der Waals surface area (Å²) in [5, 5.41) is 3.09. The maximum Gasteiger partial charge on any atom is 0.260 e. The molecule has 1 aliphatic rings. The summed E-state index contributed by atoms with van der Waals surface area (Å²) in [5.74, 6) is -2.10. The van der Waals surface area contributed by atoms with Crippen LogP contribution in [0.2, 0.25) is 0 Å². The third-order valence-corrected chi connectivity index (χ3v) is 3.36. The SMILES string of the molecule is CC1CC(F)(F)CN(C)C1CNc1ncccn1. The van der Waals surface area contributed by atoms with E-state index >= 15 is 0 Å². The van der Waals surface area contributed by atoms with Crippen molar-refractivity contribution in [1.82, 2.24) is 14.9 Å². The summed E-state index contributed by atoms with van der Waals surface area (Å²) in [5.41, 5.74) is 0. The zero-order chi connectivity index (χ0) is 13.2. The van der Waals surface area contributed by atoms with E-state index in [0.29, 0.717) is 12.5 Å². The van der Waals surface area contributed by atoms with Gasteiger partial charge in [0.1, 0.15) is 0 Å². The van der Waals surface area contributed by atoms with Gasteiger partial charge in [0.25, 0.3) is 5.92 Å². The molecule has 18 heavy (non-hydrogen) atoms. The van der Waals surface area contributed by atoms with Crippen molar-refractivity contribution in [3.05, 3.63) is 18.5 Å². The fourth-order valence-corrected chi connectivity index (χ4v) is 2.53. The van der Waals surface area contributed by atoms with Crippen LogP contribution in [0, 0.1) is 5.92 Å². The smallest absolute Gasteiger partial charge is 0.260 e. The molecule has 0 radical (unpaired) electrons. The van der Waals surface area contributed by atoms with E-state index in [2.05, 4.69) is 15.3 Å². The molecule has 2 unspecified atom stereocenters. The lowest BCUT2D eigenvalue weighted by Gasteiger charge is -2.41. The number of likely N-dealkylation sites (N-methyl/N-ethyl adjacent to an activating group) is 1. The Labute approximate surface area is 105 Å². The van der Waals surface area contributed by atoms with Gasteiger partial charge in [-0.3, -0.25) is 4.90 Å². The van der Waals surface area contributed by atoms with Crippen LogP contribution < -0.4 is 5.32 Å². The molecular weight excluding hydrogens is 238 g/mol. The largest absolute Gasteiger partial charge is 0.353 e. The summed E-state index contributed by atoms with van der Waals surface area (Å²) in [6, 6.07) is 1.81. The number of hydrogen-bond acceptors (Lipinski definition) is 4. The van der Waals surface area contributed by atoms with Crippen molar-refractivity contribution in [2.75, 3.05) is 25.5 Å². The first-order valence-electron chi connectivity index (χ1n) is 6.07. The average molecular weight is 256 g/mol. The number of nitrogens with zero attached hydrogens (tertiary/aromatic N) is 3. The van der Waals surface area contributed by atoms with Crippen molar-refractivity contribution in [2.45, 2.75) is 25.3 Å². The molecule has 2 atom stereocenters. The Morgan fingerprint density at radius 3 is 2.72 bits per heavy atom. The standard InChI is InChI=1S/C12H18F2N4/c1-9-6-12(13,14)8-18(2)10(9)7-17-11-15-4-3-5-16-11/h3-5,9-10H,6-8H2,1-2H3,(H,15,16,17). The minimum Gasteiger partial charge on any atom is -0.353 e. The first-order valence-corrected chi connectivity index (χ1v) is 6.07. The van der Waals surface area contributed by atoms with Crippen LogP contribution in [0.1, 0.15) is 13.3 Å². The Morgan fingerprint density at radius 2 is 2.11 bits per heavy atom. The number of nitrogens with one attached hydrogen (secondary N) is 1. The fraction of sp³-hybridized carbons (Fsp3) is 0.667. The van der Waals surface area contributed by atoms with E-state index in [1.807, 2.05) is 6.92 Å². The molecule has 100 valence electrons. The van der Waals surface area contributed by atoms with Crippen LogP contribution >= 0.6 is 0 Å². The van der Waals surface area contributed by atoms with Gasteiger partial charge < -0.3 is 5.32 Å². The predicted molar refractivity (Wildman–Crippen MR) is 65.7 cm³/mol. The van der Waals surface area contributed by atoms with Crippen LogP contribution in [0.3, 0.4) is 0 Å². The maximum atomic E-state index is 13.4. The first-order chi connectivity index (χ1) is 8.48. The second-order valence-electron chi connectivity index (χ2n) is 4.97. The fourth-order valence-electron chi connectivity index (χ4n) is 2.53. The predicted octanol–water partition coefficient (Wildman–Crippen LogP) is 1.86. The molecule has 1 aliphatic heterocycles. The van der Waals surface area contributed by atoms with E-state index < -0.39 is 5.92 Å². The third-order valence-electron chi connectivity index (χ3n) is 3.36. The van der Waals surface area contributed by atoms with Gasteiger partial charge in [-0.15, -0.1) is 0 Å². The van der Waals surface area contributed by atoms with Gasteiger partial charge in [0.2, 0.25) is 5.95 Å². The molecular formula is C12H18F2N4. The lowest BCUT2D eigenvalue weighted by molar-refractivity contribution is -0.0934. The highest BCUT2D eigenvalue weighted by molar-refractivity contribution is 5.22. The van der Waals surface area contributed by atoms with Crippen LogP contribution in [-0.2, 0) is 0 Å². The average Bonchev–Trinajstić information content (AvgIpc) is 2.27. The second kappa shape index (κ2) is 5.14. The molecule has 0 spiro atoms. The summed E-state index contributed by atoms with van der Waals surface area (Å²) in [6.45, 7) is 2.26. The summed E-state index contributed by atoms with van der Waals surface area (Å²) < 4.78 is 26.7. The van der Waals surface area contributed by atoms with E-state index in [1.54, 1.807) is 30.4 Å². The Balaban J connectivity index is 1.93. The van der Waals surface area contributed by atoms with E-state index in [9.17, 15) is 8.78 Å². The van der Waals surface area contributed by atoms with Crippen LogP contribution in [0.4, 0.5) is 14.7 Å². The number of alkyl halides is 2. The number of anilines is 1. The van der Waals surface area contributed by atoms with Gasteiger partial charge in [-0.1, -0.05) is 6.92 Å². The highest BCUT2D eigenvalue weighted by atomic mass is 19.3. The lowest BCUT2D eigenvalue weighted by Crippen LogP contribution is -2.53. The molecule has 0 saturated carbocycles. The number of piperidine rings is 1. The Morgan fingerprint density at radius 1 is 1.44 bits per heavy atom. The van der Waals surface area contributed by atoms with Gasteiger partial charge in [0.05, 0.1) is 6.54 Å². The zero-order valence-electron chi connectivity index (χ0n) is 10.6. The molecule has 0 aromatic carbocycles. The van der Waals surface area contributed by atoms with Crippen LogP contribution in [0.25, 0.3) is 0 Å². The van der Waals surface area contributed by atoms with Crippen molar-refractivity contribution >= 4 is 5.95 Å². The number of halogens is 2. The van der Waals surface area contributed by atoms with Crippen molar-refractivity contribution in [3.63, 3.8) is 0 Å². The molecule has 1 N–H and O–H groups in total. The zero-order valence-corrected chi connectivity index (χ0v) is 10.6. The highest BCUT2D eigenvalue weighted by Gasteiger charge is 2.42. The van der Waals surface area contributed by atoms with Crippen molar-refractivity contribution < 1.29 is 8.78 Å². The molecule has 0 amide bonds. The molecule has 1 aromatic heterocycles. The van der Waals surface area contributed by atoms with E-state index in [0.717, 1.165) is 0 Å². The molecule has 6 heteroatoms. The Bertz CT molecular complexity index is 371. The molecule has 0 aliphatic carbocycles. The maximum absolute atomic E-state index is 13.4. The molecule has 4 nitrogen and oxygen atoms in total. The van der Waals surface area contributed by atoms with E-state index in [4.69, 9.17) is 0 Å². The molecule has 1 saturated heterocycles. The van der Waals surface area contributed by atoms with E-state index in [1.165, 1.54) is 0 Å². The highest BCUT2D eigenvalue weighted by Crippen LogP contribution is 2.33. The topological polar surface area (TPSA) is 41.0 Å². The molecule has 1 aromatic rings. The summed E-state index contributed by atoms with van der Waals surface area (Å²) in [7, 11) is 1.74. The van der Waals surface area contributed by atoms with Crippen LogP contribution in [-0.4, -0.2) is 47.0 Å². The first kappa shape index (κ1) is 13.1. The minimum atomic E-state index is -2.58. The normalized spacial score (nSPS) is 28.0. The van der Waals surface area contributed by atoms with Gasteiger partial charge in [0, 0.05) is 31.4 Å². The number of hydrogen-bond donors (Lipinski definition) is 1. The molecule has 2 heterocycles. The van der Waals surface area contributed by atoms with Crippen LogP contribution in [0.5, 0.6) is 0 Å². The van der Waals surface area contributed by atoms with Gasteiger partial charge in [-0.25, -0.2) is 18.7 Å². The lowest BCUT2D eigenvalue weighted by atomic mass is 9.89. The number of aromatic nitrogens is 2. The molecule has 0 bridgehead atoms. The second-order valence-corrected chi connectivity index (χ2v) is 4.97. The number of likely N-dealkylation sites (tertiary alicyclic amines) is 1. The quantitative estimate of drug-likeness (QED) is 0.896. The molecule has 2 rings (SSSR count).